The van der Waals surface area contributed by atoms with E-state index in [-0.39, 0.29) is 5.91 Å². The lowest BCUT2D eigenvalue weighted by atomic mass is 10.1. The molecule has 0 atom stereocenters. The molecule has 25 heavy (non-hydrogen) atoms. The number of amides is 1. The van der Waals surface area contributed by atoms with Gasteiger partial charge in [-0.3, -0.25) is 9.78 Å². The largest absolute Gasteiger partial charge is 0.332 e. The van der Waals surface area contributed by atoms with Crippen LogP contribution >= 0.6 is 11.6 Å². The van der Waals surface area contributed by atoms with E-state index in [2.05, 4.69) is 17.1 Å². The highest BCUT2D eigenvalue weighted by atomic mass is 35.5. The highest BCUT2D eigenvalue weighted by Gasteiger charge is 2.18. The van der Waals surface area contributed by atoms with Gasteiger partial charge in [0.1, 0.15) is 0 Å². The minimum absolute atomic E-state index is 0.0767. The quantitative estimate of drug-likeness (QED) is 0.650. The molecular formula is C21H19ClN2O. The molecule has 3 rings (SSSR count). The van der Waals surface area contributed by atoms with Crippen molar-refractivity contribution in [3.05, 3.63) is 101 Å². The van der Waals surface area contributed by atoms with Gasteiger partial charge in [-0.2, -0.15) is 0 Å². The molecule has 0 bridgehead atoms. The third-order valence-corrected chi connectivity index (χ3v) is 4.31. The van der Waals surface area contributed by atoms with Gasteiger partial charge in [0.25, 0.3) is 5.91 Å². The first-order valence-electron chi connectivity index (χ1n) is 8.21. The van der Waals surface area contributed by atoms with Crippen LogP contribution in [0.25, 0.3) is 0 Å². The van der Waals surface area contributed by atoms with E-state index in [4.69, 9.17) is 11.6 Å². The summed E-state index contributed by atoms with van der Waals surface area (Å²) in [7, 11) is 0. The smallest absolute Gasteiger partial charge is 0.255 e. The van der Waals surface area contributed by atoms with E-state index >= 15 is 0 Å². The van der Waals surface area contributed by atoms with Crippen LogP contribution in [-0.4, -0.2) is 22.3 Å². The maximum absolute atomic E-state index is 13.0. The van der Waals surface area contributed by atoms with Crippen molar-refractivity contribution in [1.82, 2.24) is 9.88 Å². The van der Waals surface area contributed by atoms with E-state index in [1.165, 1.54) is 5.56 Å². The van der Waals surface area contributed by atoms with Gasteiger partial charge in [0.05, 0.1) is 22.8 Å². The van der Waals surface area contributed by atoms with E-state index in [0.717, 1.165) is 12.1 Å². The highest BCUT2D eigenvalue weighted by Crippen LogP contribution is 2.18. The zero-order valence-electron chi connectivity index (χ0n) is 13.8. The molecule has 3 aromatic rings. The molecular weight excluding hydrogens is 332 g/mol. The standard InChI is InChI=1S/C21H19ClN2O/c22-20-12-5-4-11-19(20)21(25)24(16-18-10-6-7-14-23-18)15-13-17-8-2-1-3-9-17/h1-12,14H,13,15-16H2. The summed E-state index contributed by atoms with van der Waals surface area (Å²) >= 11 is 6.22. The van der Waals surface area contributed by atoms with Crippen LogP contribution in [0, 0.1) is 0 Å². The second-order valence-corrected chi connectivity index (χ2v) is 6.17. The molecule has 0 unspecified atom stereocenters. The molecule has 4 heteroatoms. The predicted octanol–water partition coefficient (Wildman–Crippen LogP) is 4.62. The molecule has 0 fully saturated rings. The zero-order valence-corrected chi connectivity index (χ0v) is 14.6. The van der Waals surface area contributed by atoms with Crippen LogP contribution in [-0.2, 0) is 13.0 Å². The summed E-state index contributed by atoms with van der Waals surface area (Å²) in [6.45, 7) is 1.06. The summed E-state index contributed by atoms with van der Waals surface area (Å²) in [5.41, 5.74) is 2.57. The van der Waals surface area contributed by atoms with E-state index in [1.54, 1.807) is 23.2 Å². The number of benzene rings is 2. The Morgan fingerprint density at radius 2 is 1.64 bits per heavy atom. The summed E-state index contributed by atoms with van der Waals surface area (Å²) in [5.74, 6) is -0.0767. The Labute approximate surface area is 152 Å². The van der Waals surface area contributed by atoms with Crippen LogP contribution in [0.1, 0.15) is 21.6 Å². The van der Waals surface area contributed by atoms with Crippen LogP contribution < -0.4 is 0 Å². The van der Waals surface area contributed by atoms with Gasteiger partial charge >= 0.3 is 0 Å². The van der Waals surface area contributed by atoms with Crippen molar-refractivity contribution in [1.29, 1.82) is 0 Å². The molecule has 1 aromatic heterocycles. The first-order chi connectivity index (χ1) is 12.2. The fraction of sp³-hybridized carbons (Fsp3) is 0.143. The number of pyridine rings is 1. The van der Waals surface area contributed by atoms with Crippen LogP contribution in [0.4, 0.5) is 0 Å². The van der Waals surface area contributed by atoms with Crippen LogP contribution in [0.3, 0.4) is 0 Å². The average molecular weight is 351 g/mol. The summed E-state index contributed by atoms with van der Waals surface area (Å²) in [6.07, 6.45) is 2.52. The van der Waals surface area contributed by atoms with Gasteiger partial charge in [-0.25, -0.2) is 0 Å². The molecule has 1 amide bonds. The fourth-order valence-electron chi connectivity index (χ4n) is 2.65. The number of carbonyl (C=O) groups is 1. The lowest BCUT2D eigenvalue weighted by Gasteiger charge is -2.23. The molecule has 2 aromatic carbocycles. The van der Waals surface area contributed by atoms with Gasteiger partial charge in [-0.1, -0.05) is 60.1 Å². The highest BCUT2D eigenvalue weighted by molar-refractivity contribution is 6.33. The zero-order chi connectivity index (χ0) is 17.5. The maximum atomic E-state index is 13.0. The van der Waals surface area contributed by atoms with Crippen LogP contribution in [0.5, 0.6) is 0 Å². The van der Waals surface area contributed by atoms with Crippen molar-refractivity contribution >= 4 is 17.5 Å². The second kappa shape index (κ2) is 8.45. The number of aromatic nitrogens is 1. The van der Waals surface area contributed by atoms with E-state index in [1.807, 2.05) is 48.5 Å². The van der Waals surface area contributed by atoms with Crippen molar-refractivity contribution in [2.24, 2.45) is 0 Å². The minimum atomic E-state index is -0.0767. The summed E-state index contributed by atoms with van der Waals surface area (Å²) in [5, 5.41) is 0.471. The molecule has 0 aliphatic carbocycles. The van der Waals surface area contributed by atoms with Gasteiger partial charge in [0.2, 0.25) is 0 Å². The van der Waals surface area contributed by atoms with Crippen molar-refractivity contribution in [3.63, 3.8) is 0 Å². The Bertz CT molecular complexity index is 822. The van der Waals surface area contributed by atoms with Crippen LogP contribution in [0.2, 0.25) is 5.02 Å². The Hall–Kier alpha value is -2.65. The van der Waals surface area contributed by atoms with Gasteiger partial charge in [-0.05, 0) is 36.2 Å². The summed E-state index contributed by atoms with van der Waals surface area (Å²) in [6, 6.07) is 23.0. The number of halogens is 1. The second-order valence-electron chi connectivity index (χ2n) is 5.76. The van der Waals surface area contributed by atoms with Gasteiger partial charge in [-0.15, -0.1) is 0 Å². The SMILES string of the molecule is O=C(c1ccccc1Cl)N(CCc1ccccc1)Cc1ccccn1. The van der Waals surface area contributed by atoms with Crippen molar-refractivity contribution in [3.8, 4) is 0 Å². The van der Waals surface area contributed by atoms with E-state index < -0.39 is 0 Å². The Balaban J connectivity index is 1.80. The molecule has 0 radical (unpaired) electrons. The predicted molar refractivity (Wildman–Crippen MR) is 101 cm³/mol. The topological polar surface area (TPSA) is 33.2 Å². The van der Waals surface area contributed by atoms with E-state index in [0.29, 0.717) is 23.7 Å². The number of hydrogen-bond acceptors (Lipinski definition) is 2. The van der Waals surface area contributed by atoms with Crippen molar-refractivity contribution < 1.29 is 4.79 Å². The molecule has 0 aliphatic heterocycles. The molecule has 3 nitrogen and oxygen atoms in total. The third-order valence-electron chi connectivity index (χ3n) is 3.98. The van der Waals surface area contributed by atoms with Gasteiger partial charge in [0, 0.05) is 12.7 Å². The Kier molecular flexibility index (Phi) is 5.81. The van der Waals surface area contributed by atoms with E-state index in [9.17, 15) is 4.79 Å². The lowest BCUT2D eigenvalue weighted by molar-refractivity contribution is 0.0743. The molecule has 0 aliphatic rings. The number of rotatable bonds is 6. The average Bonchev–Trinajstić information content (AvgIpc) is 2.66. The monoisotopic (exact) mass is 350 g/mol. The first kappa shape index (κ1) is 17.2. The van der Waals surface area contributed by atoms with Gasteiger partial charge in [0.15, 0.2) is 0 Å². The maximum Gasteiger partial charge on any atom is 0.255 e. The molecule has 126 valence electrons. The lowest BCUT2D eigenvalue weighted by Crippen LogP contribution is -2.33. The normalized spacial score (nSPS) is 10.4. The summed E-state index contributed by atoms with van der Waals surface area (Å²) in [4.78, 5) is 19.2. The molecule has 0 spiro atoms. The summed E-state index contributed by atoms with van der Waals surface area (Å²) < 4.78 is 0. The van der Waals surface area contributed by atoms with Gasteiger partial charge < -0.3 is 4.90 Å². The molecule has 1 heterocycles. The van der Waals surface area contributed by atoms with Crippen molar-refractivity contribution in [2.75, 3.05) is 6.54 Å². The molecule has 0 saturated carbocycles. The van der Waals surface area contributed by atoms with Crippen molar-refractivity contribution in [2.45, 2.75) is 13.0 Å². The minimum Gasteiger partial charge on any atom is -0.332 e. The molecule has 0 saturated heterocycles. The Morgan fingerprint density at radius 3 is 2.36 bits per heavy atom. The number of carbonyl (C=O) groups excluding carboxylic acids is 1. The number of nitrogens with zero attached hydrogens (tertiary/aromatic N) is 2. The molecule has 0 N–H and O–H groups in total. The third kappa shape index (κ3) is 4.68. The number of hydrogen-bond donors (Lipinski definition) is 0. The first-order valence-corrected chi connectivity index (χ1v) is 8.59. The fourth-order valence-corrected chi connectivity index (χ4v) is 2.87. The van der Waals surface area contributed by atoms with Crippen LogP contribution in [0.15, 0.2) is 79.0 Å². The Morgan fingerprint density at radius 1 is 0.920 bits per heavy atom.